The molecule has 1 aliphatic heterocycles. The fourth-order valence-electron chi connectivity index (χ4n) is 3.66. The smallest absolute Gasteiger partial charge is 0.102 e. The molecule has 0 N–H and O–H groups in total. The fourth-order valence-corrected chi connectivity index (χ4v) is 3.93. The average molecular weight is 418 g/mol. The normalized spacial score (nSPS) is 14.0. The van der Waals surface area contributed by atoms with Crippen LogP contribution in [0.2, 0.25) is 0 Å². The highest BCUT2D eigenvalue weighted by atomic mass is 79.9. The van der Waals surface area contributed by atoms with Crippen molar-refractivity contribution in [2.75, 3.05) is 18.0 Å². The molecule has 134 valence electrons. The van der Waals surface area contributed by atoms with Crippen molar-refractivity contribution in [2.45, 2.75) is 19.3 Å². The molecule has 1 aromatic heterocycles. The standard InChI is InChI=1S/C23H20BrN3/c24-19-9-7-17(8-10-19)18-14-20(22-6-2-3-11-26-22)21(16-25)23(15-18)27-12-4-1-5-13-27/h2-3,6-11,14-15H,1,4-5,12-13H2. The predicted octanol–water partition coefficient (Wildman–Crippen LogP) is 6.04. The van der Waals surface area contributed by atoms with E-state index in [4.69, 9.17) is 0 Å². The van der Waals surface area contributed by atoms with Gasteiger partial charge >= 0.3 is 0 Å². The van der Waals surface area contributed by atoms with Crippen molar-refractivity contribution in [2.24, 2.45) is 0 Å². The van der Waals surface area contributed by atoms with Gasteiger partial charge in [-0.15, -0.1) is 0 Å². The van der Waals surface area contributed by atoms with Crippen LogP contribution in [0.25, 0.3) is 22.4 Å². The molecule has 0 atom stereocenters. The van der Waals surface area contributed by atoms with Gasteiger partial charge in [-0.05, 0) is 66.8 Å². The van der Waals surface area contributed by atoms with E-state index in [9.17, 15) is 5.26 Å². The molecule has 2 aromatic carbocycles. The maximum Gasteiger partial charge on any atom is 0.102 e. The third-order valence-electron chi connectivity index (χ3n) is 5.04. The second-order valence-corrected chi connectivity index (χ2v) is 7.71. The molecule has 4 rings (SSSR count). The summed E-state index contributed by atoms with van der Waals surface area (Å²) in [5.41, 5.74) is 5.74. The van der Waals surface area contributed by atoms with Crippen LogP contribution in [0.5, 0.6) is 0 Å². The zero-order valence-corrected chi connectivity index (χ0v) is 16.6. The number of nitriles is 1. The van der Waals surface area contributed by atoms with Crippen LogP contribution in [0, 0.1) is 11.3 Å². The van der Waals surface area contributed by atoms with E-state index in [-0.39, 0.29) is 0 Å². The van der Waals surface area contributed by atoms with Crippen molar-refractivity contribution in [3.05, 3.63) is 70.8 Å². The van der Waals surface area contributed by atoms with Crippen LogP contribution in [0.15, 0.2) is 65.3 Å². The highest BCUT2D eigenvalue weighted by Gasteiger charge is 2.20. The Balaban J connectivity index is 1.92. The number of hydrogen-bond acceptors (Lipinski definition) is 3. The Hall–Kier alpha value is -2.64. The van der Waals surface area contributed by atoms with Gasteiger partial charge in [0, 0.05) is 29.3 Å². The van der Waals surface area contributed by atoms with Crippen LogP contribution in [0.4, 0.5) is 5.69 Å². The van der Waals surface area contributed by atoms with E-state index >= 15 is 0 Å². The van der Waals surface area contributed by atoms with Crippen LogP contribution in [0.1, 0.15) is 24.8 Å². The van der Waals surface area contributed by atoms with Crippen molar-refractivity contribution in [3.63, 3.8) is 0 Å². The van der Waals surface area contributed by atoms with Gasteiger partial charge in [-0.2, -0.15) is 5.26 Å². The minimum absolute atomic E-state index is 0.719. The summed E-state index contributed by atoms with van der Waals surface area (Å²) in [5.74, 6) is 0. The molecule has 1 fully saturated rings. The quantitative estimate of drug-likeness (QED) is 0.521. The van der Waals surface area contributed by atoms with Crippen LogP contribution >= 0.6 is 15.9 Å². The van der Waals surface area contributed by atoms with Gasteiger partial charge < -0.3 is 4.90 Å². The lowest BCUT2D eigenvalue weighted by Gasteiger charge is -2.30. The number of piperidine rings is 1. The molecule has 0 aliphatic carbocycles. The predicted molar refractivity (Wildman–Crippen MR) is 114 cm³/mol. The zero-order chi connectivity index (χ0) is 18.6. The molecule has 2 heterocycles. The third kappa shape index (κ3) is 3.74. The number of nitrogens with zero attached hydrogens (tertiary/aromatic N) is 3. The zero-order valence-electron chi connectivity index (χ0n) is 15.0. The Kier molecular flexibility index (Phi) is 5.22. The van der Waals surface area contributed by atoms with Crippen molar-refractivity contribution in [1.82, 2.24) is 4.98 Å². The Bertz CT molecular complexity index is 969. The first-order chi connectivity index (χ1) is 13.3. The number of halogens is 1. The summed E-state index contributed by atoms with van der Waals surface area (Å²) in [5, 5.41) is 9.98. The van der Waals surface area contributed by atoms with Gasteiger partial charge in [0.25, 0.3) is 0 Å². The van der Waals surface area contributed by atoms with E-state index in [1.807, 2.05) is 18.2 Å². The van der Waals surface area contributed by atoms with E-state index in [2.05, 4.69) is 68.3 Å². The highest BCUT2D eigenvalue weighted by Crippen LogP contribution is 2.37. The first kappa shape index (κ1) is 17.8. The molecule has 3 aromatic rings. The van der Waals surface area contributed by atoms with Crippen LogP contribution in [-0.4, -0.2) is 18.1 Å². The second kappa shape index (κ2) is 7.94. The van der Waals surface area contributed by atoms with Crippen LogP contribution < -0.4 is 4.90 Å². The van der Waals surface area contributed by atoms with Gasteiger partial charge in [0.1, 0.15) is 6.07 Å². The van der Waals surface area contributed by atoms with E-state index in [0.29, 0.717) is 0 Å². The fraction of sp³-hybridized carbons (Fsp3) is 0.217. The third-order valence-corrected chi connectivity index (χ3v) is 5.57. The van der Waals surface area contributed by atoms with Crippen molar-refractivity contribution < 1.29 is 0 Å². The number of anilines is 1. The summed E-state index contributed by atoms with van der Waals surface area (Å²) in [4.78, 5) is 6.87. The lowest BCUT2D eigenvalue weighted by molar-refractivity contribution is 0.577. The van der Waals surface area contributed by atoms with E-state index < -0.39 is 0 Å². The molecule has 1 saturated heterocycles. The second-order valence-electron chi connectivity index (χ2n) is 6.80. The highest BCUT2D eigenvalue weighted by molar-refractivity contribution is 9.10. The molecular weight excluding hydrogens is 398 g/mol. The number of pyridine rings is 1. The lowest BCUT2D eigenvalue weighted by atomic mass is 9.94. The molecule has 27 heavy (non-hydrogen) atoms. The number of benzene rings is 2. The summed E-state index contributed by atoms with van der Waals surface area (Å²) in [6.07, 6.45) is 5.39. The minimum Gasteiger partial charge on any atom is -0.370 e. The molecule has 0 saturated carbocycles. The molecule has 0 radical (unpaired) electrons. The van der Waals surface area contributed by atoms with Gasteiger partial charge in [-0.25, -0.2) is 0 Å². The summed E-state index contributed by atoms with van der Waals surface area (Å²) >= 11 is 3.51. The summed E-state index contributed by atoms with van der Waals surface area (Å²) < 4.78 is 1.06. The molecule has 0 amide bonds. The monoisotopic (exact) mass is 417 g/mol. The number of rotatable bonds is 3. The average Bonchev–Trinajstić information content (AvgIpc) is 2.74. The van der Waals surface area contributed by atoms with Gasteiger partial charge in [0.05, 0.1) is 16.9 Å². The first-order valence-electron chi connectivity index (χ1n) is 9.27. The van der Waals surface area contributed by atoms with Crippen molar-refractivity contribution in [1.29, 1.82) is 5.26 Å². The van der Waals surface area contributed by atoms with Gasteiger partial charge in [-0.3, -0.25) is 4.98 Å². The Morgan fingerprint density at radius 2 is 1.70 bits per heavy atom. The molecule has 0 bridgehead atoms. The topological polar surface area (TPSA) is 39.9 Å². The van der Waals surface area contributed by atoms with Crippen LogP contribution in [0.3, 0.4) is 0 Å². The molecule has 0 spiro atoms. The molecule has 3 nitrogen and oxygen atoms in total. The lowest BCUT2D eigenvalue weighted by Crippen LogP contribution is -2.30. The van der Waals surface area contributed by atoms with Gasteiger partial charge in [0.2, 0.25) is 0 Å². The van der Waals surface area contributed by atoms with Crippen molar-refractivity contribution in [3.8, 4) is 28.5 Å². The van der Waals surface area contributed by atoms with Crippen LogP contribution in [-0.2, 0) is 0 Å². The van der Waals surface area contributed by atoms with Crippen molar-refractivity contribution >= 4 is 21.6 Å². The van der Waals surface area contributed by atoms with Gasteiger partial charge in [0.15, 0.2) is 0 Å². The maximum atomic E-state index is 9.98. The summed E-state index contributed by atoms with van der Waals surface area (Å²) in [7, 11) is 0. The van der Waals surface area contributed by atoms with E-state index in [1.165, 1.54) is 19.3 Å². The Labute approximate surface area is 168 Å². The first-order valence-corrected chi connectivity index (χ1v) is 10.1. The number of aromatic nitrogens is 1. The molecule has 0 unspecified atom stereocenters. The number of hydrogen-bond donors (Lipinski definition) is 0. The molecular formula is C23H20BrN3. The summed E-state index contributed by atoms with van der Waals surface area (Å²) in [6.45, 7) is 2.00. The Morgan fingerprint density at radius 1 is 0.926 bits per heavy atom. The summed E-state index contributed by atoms with van der Waals surface area (Å²) in [6, 6.07) is 20.9. The minimum atomic E-state index is 0.719. The largest absolute Gasteiger partial charge is 0.370 e. The van der Waals surface area contributed by atoms with E-state index in [0.717, 1.165) is 51.2 Å². The Morgan fingerprint density at radius 3 is 2.37 bits per heavy atom. The van der Waals surface area contributed by atoms with Gasteiger partial charge in [-0.1, -0.05) is 34.1 Å². The SMILES string of the molecule is N#Cc1c(-c2ccccn2)cc(-c2ccc(Br)cc2)cc1N1CCCCC1. The molecule has 4 heteroatoms. The molecule has 1 aliphatic rings. The van der Waals surface area contributed by atoms with E-state index in [1.54, 1.807) is 6.20 Å². The maximum absolute atomic E-state index is 9.98.